The van der Waals surface area contributed by atoms with Crippen molar-refractivity contribution in [3.8, 4) is 0 Å². The minimum absolute atomic E-state index is 0.0362. The highest BCUT2D eigenvalue weighted by Crippen LogP contribution is 2.25. The predicted molar refractivity (Wildman–Crippen MR) is 87.2 cm³/mol. The van der Waals surface area contributed by atoms with Gasteiger partial charge >= 0.3 is 0 Å². The molecule has 0 aromatic carbocycles. The van der Waals surface area contributed by atoms with Crippen LogP contribution >= 0.6 is 0 Å². The zero-order chi connectivity index (χ0) is 19.9. The lowest BCUT2D eigenvalue weighted by Gasteiger charge is -2.17. The quantitative estimate of drug-likeness (QED) is 0.569. The summed E-state index contributed by atoms with van der Waals surface area (Å²) < 4.78 is 32.0. The van der Waals surface area contributed by atoms with Crippen molar-refractivity contribution in [3.63, 3.8) is 0 Å². The van der Waals surface area contributed by atoms with Gasteiger partial charge in [-0.3, -0.25) is 14.4 Å². The highest BCUT2D eigenvalue weighted by molar-refractivity contribution is 5.99. The zero-order valence-corrected chi connectivity index (χ0v) is 14.9. The summed E-state index contributed by atoms with van der Waals surface area (Å²) in [6.07, 6.45) is -1.13. The van der Waals surface area contributed by atoms with E-state index in [-0.39, 0.29) is 18.2 Å². The number of primary amides is 1. The second-order valence-corrected chi connectivity index (χ2v) is 6.18. The van der Waals surface area contributed by atoms with E-state index in [2.05, 4.69) is 15.5 Å². The zero-order valence-electron chi connectivity index (χ0n) is 14.9. The van der Waals surface area contributed by atoms with Crippen LogP contribution in [0.4, 0.5) is 8.78 Å². The summed E-state index contributed by atoms with van der Waals surface area (Å²) >= 11 is 0. The first kappa shape index (κ1) is 21.7. The van der Waals surface area contributed by atoms with Crippen LogP contribution in [0.2, 0.25) is 0 Å². The molecular formula is C16H23F2N4O4. The smallest absolute Gasteiger partial charge is 0.296 e. The minimum atomic E-state index is -3.24. The van der Waals surface area contributed by atoms with Gasteiger partial charge in [0.1, 0.15) is 0 Å². The number of hydrogen-bond acceptors (Lipinski definition) is 6. The first-order valence-electron chi connectivity index (χ1n) is 8.23. The number of ketones is 1. The van der Waals surface area contributed by atoms with Gasteiger partial charge < -0.3 is 15.6 Å². The summed E-state index contributed by atoms with van der Waals surface area (Å²) in [6.45, 7) is 5.29. The van der Waals surface area contributed by atoms with E-state index in [1.807, 2.05) is 13.8 Å². The van der Waals surface area contributed by atoms with Gasteiger partial charge in [0, 0.05) is 25.2 Å². The number of carbonyl (C=O) groups excluding carboxylic acids is 3. The highest BCUT2D eigenvalue weighted by Gasteiger charge is 2.31. The molecule has 1 aromatic heterocycles. The van der Waals surface area contributed by atoms with Gasteiger partial charge in [-0.05, 0) is 6.42 Å². The van der Waals surface area contributed by atoms with Crippen molar-refractivity contribution in [1.29, 1.82) is 0 Å². The number of nitrogens with one attached hydrogen (secondary N) is 1. The van der Waals surface area contributed by atoms with Gasteiger partial charge in [0.15, 0.2) is 5.82 Å². The van der Waals surface area contributed by atoms with Gasteiger partial charge in [0.05, 0.1) is 12.5 Å². The summed E-state index contributed by atoms with van der Waals surface area (Å²) in [5.41, 5.74) is 4.83. The van der Waals surface area contributed by atoms with Gasteiger partial charge in [-0.25, -0.2) is 8.78 Å². The fourth-order valence-electron chi connectivity index (χ4n) is 1.95. The van der Waals surface area contributed by atoms with Crippen LogP contribution in [0.15, 0.2) is 4.52 Å². The number of Topliss-reactive ketones (excluding diaryl/α,β-unsaturated/α-hetero) is 1. The molecule has 10 heteroatoms. The van der Waals surface area contributed by atoms with Crippen LogP contribution in [-0.4, -0.2) is 39.7 Å². The van der Waals surface area contributed by atoms with E-state index in [4.69, 9.17) is 10.3 Å². The molecule has 0 aliphatic rings. The monoisotopic (exact) mass is 373 g/mol. The van der Waals surface area contributed by atoms with Crippen LogP contribution in [0.5, 0.6) is 0 Å². The van der Waals surface area contributed by atoms with E-state index in [0.29, 0.717) is 5.82 Å². The number of alkyl halides is 2. The molecule has 0 saturated heterocycles. The minimum Gasteiger partial charge on any atom is -0.370 e. The topological polar surface area (TPSA) is 128 Å². The molecule has 2 amide bonds. The van der Waals surface area contributed by atoms with Crippen molar-refractivity contribution in [2.24, 2.45) is 5.73 Å². The van der Waals surface area contributed by atoms with Gasteiger partial charge in [-0.2, -0.15) is 4.98 Å². The van der Waals surface area contributed by atoms with Crippen molar-refractivity contribution < 1.29 is 27.7 Å². The SMILES string of the molecule is CC[C@H](NC(=O)[CH]CC(F)(F)CCC(N)=O)C(=O)c1nc(C(C)C)no1. The molecule has 145 valence electrons. The number of aromatic nitrogens is 2. The predicted octanol–water partition coefficient (Wildman–Crippen LogP) is 1.77. The van der Waals surface area contributed by atoms with Crippen molar-refractivity contribution in [2.45, 2.75) is 64.3 Å². The van der Waals surface area contributed by atoms with Crippen LogP contribution < -0.4 is 11.1 Å². The van der Waals surface area contributed by atoms with Crippen LogP contribution in [0, 0.1) is 6.42 Å². The van der Waals surface area contributed by atoms with E-state index < -0.39 is 48.8 Å². The molecule has 1 rings (SSSR count). The molecule has 1 radical (unpaired) electrons. The fraction of sp³-hybridized carbons (Fsp3) is 0.625. The van der Waals surface area contributed by atoms with Crippen LogP contribution in [0.1, 0.15) is 68.9 Å². The van der Waals surface area contributed by atoms with E-state index in [9.17, 15) is 23.2 Å². The standard InChI is InChI=1S/C16H23F2N4O4/c1-4-10(13(25)15-21-14(9(2)3)22-26-15)20-12(24)6-8-16(17,18)7-5-11(19)23/h6,9-10H,4-5,7-8H2,1-3H3,(H2,19,23)(H,20,24)/t10-/m0/s1. The average Bonchev–Trinajstić information content (AvgIpc) is 3.06. The first-order chi connectivity index (χ1) is 12.1. The maximum Gasteiger partial charge on any atom is 0.296 e. The number of hydrogen-bond donors (Lipinski definition) is 2. The second kappa shape index (κ2) is 9.35. The van der Waals surface area contributed by atoms with Crippen LogP contribution in [0.3, 0.4) is 0 Å². The molecule has 0 aliphatic carbocycles. The molecule has 1 aromatic rings. The summed E-state index contributed by atoms with van der Waals surface area (Å²) in [7, 11) is 0. The molecule has 0 fully saturated rings. The van der Waals surface area contributed by atoms with E-state index >= 15 is 0 Å². The normalized spacial score (nSPS) is 12.8. The molecular weight excluding hydrogens is 350 g/mol. The Morgan fingerprint density at radius 3 is 2.50 bits per heavy atom. The van der Waals surface area contributed by atoms with Crippen molar-refractivity contribution >= 4 is 17.6 Å². The Bertz CT molecular complexity index is 646. The average molecular weight is 373 g/mol. The van der Waals surface area contributed by atoms with Gasteiger partial charge in [-0.1, -0.05) is 25.9 Å². The van der Waals surface area contributed by atoms with E-state index in [1.165, 1.54) is 0 Å². The molecule has 0 unspecified atom stereocenters. The van der Waals surface area contributed by atoms with Gasteiger partial charge in [0.2, 0.25) is 23.5 Å². The van der Waals surface area contributed by atoms with E-state index in [0.717, 1.165) is 6.42 Å². The Kier molecular flexibility index (Phi) is 7.78. The summed E-state index contributed by atoms with van der Waals surface area (Å²) in [4.78, 5) is 38.7. The van der Waals surface area contributed by atoms with Crippen molar-refractivity contribution in [3.05, 3.63) is 18.1 Å². The molecule has 0 bridgehead atoms. The number of carbonyl (C=O) groups is 3. The number of nitrogens with zero attached hydrogens (tertiary/aromatic N) is 2. The summed E-state index contributed by atoms with van der Waals surface area (Å²) in [6, 6.07) is -0.974. The molecule has 0 aliphatic heterocycles. The van der Waals surface area contributed by atoms with Gasteiger partial charge in [0.25, 0.3) is 5.89 Å². The Morgan fingerprint density at radius 2 is 2.00 bits per heavy atom. The third kappa shape index (κ3) is 6.85. The first-order valence-corrected chi connectivity index (χ1v) is 8.23. The molecule has 26 heavy (non-hydrogen) atoms. The van der Waals surface area contributed by atoms with Crippen molar-refractivity contribution in [1.82, 2.24) is 15.5 Å². The maximum atomic E-state index is 13.5. The van der Waals surface area contributed by atoms with Gasteiger partial charge in [-0.15, -0.1) is 0 Å². The fourth-order valence-corrected chi connectivity index (χ4v) is 1.95. The third-order valence-corrected chi connectivity index (χ3v) is 3.53. The van der Waals surface area contributed by atoms with Crippen LogP contribution in [0.25, 0.3) is 0 Å². The van der Waals surface area contributed by atoms with Crippen LogP contribution in [-0.2, 0) is 9.59 Å². The highest BCUT2D eigenvalue weighted by atomic mass is 19.3. The largest absolute Gasteiger partial charge is 0.370 e. The lowest BCUT2D eigenvalue weighted by molar-refractivity contribution is -0.120. The third-order valence-electron chi connectivity index (χ3n) is 3.53. The molecule has 0 spiro atoms. The maximum absolute atomic E-state index is 13.5. The lowest BCUT2D eigenvalue weighted by Crippen LogP contribution is -2.41. The Balaban J connectivity index is 2.59. The molecule has 1 atom stereocenters. The number of amides is 2. The second-order valence-electron chi connectivity index (χ2n) is 6.18. The Labute approximate surface area is 149 Å². The Morgan fingerprint density at radius 1 is 1.35 bits per heavy atom. The summed E-state index contributed by atoms with van der Waals surface area (Å²) in [5.74, 6) is -5.42. The number of nitrogens with two attached hydrogens (primary N) is 1. The summed E-state index contributed by atoms with van der Waals surface area (Å²) in [5, 5.41) is 6.02. The lowest BCUT2D eigenvalue weighted by atomic mass is 10.1. The molecule has 8 nitrogen and oxygen atoms in total. The Hall–Kier alpha value is -2.39. The molecule has 1 heterocycles. The number of halogens is 2. The van der Waals surface area contributed by atoms with E-state index in [1.54, 1.807) is 6.92 Å². The number of rotatable bonds is 11. The molecule has 0 saturated carbocycles. The van der Waals surface area contributed by atoms with Crippen molar-refractivity contribution in [2.75, 3.05) is 0 Å². The molecule has 3 N–H and O–H groups in total.